The number of hydrogen-bond donors (Lipinski definition) is 1. The molecule has 6 nitrogen and oxygen atoms in total. The summed E-state index contributed by atoms with van der Waals surface area (Å²) in [5.41, 5.74) is 2.78. The van der Waals surface area contributed by atoms with Crippen LogP contribution < -0.4 is 4.74 Å². The van der Waals surface area contributed by atoms with Gasteiger partial charge in [0.1, 0.15) is 23.9 Å². The third kappa shape index (κ3) is 7.43. The number of hydrogen-bond acceptors (Lipinski definition) is 5. The molecule has 1 saturated heterocycles. The molecule has 1 fully saturated rings. The summed E-state index contributed by atoms with van der Waals surface area (Å²) in [6.07, 6.45) is 2.09. The minimum atomic E-state index is -0.298. The number of Topliss-reactive ketones (excluding diaryl/α,β-unsaturated/α-hetero) is 1. The predicted molar refractivity (Wildman–Crippen MR) is 163 cm³/mol. The third-order valence-electron chi connectivity index (χ3n) is 7.45. The lowest BCUT2D eigenvalue weighted by atomic mass is 9.78. The molecule has 1 heterocycles. The summed E-state index contributed by atoms with van der Waals surface area (Å²) in [5.74, 6) is 2.42. The highest BCUT2D eigenvalue weighted by Crippen LogP contribution is 2.41. The van der Waals surface area contributed by atoms with Crippen molar-refractivity contribution in [3.63, 3.8) is 0 Å². The number of aromatic hydroxyl groups is 1. The minimum Gasteiger partial charge on any atom is -0.507 e. The van der Waals surface area contributed by atoms with Crippen LogP contribution in [0.1, 0.15) is 94.3 Å². The van der Waals surface area contributed by atoms with Gasteiger partial charge in [0, 0.05) is 36.3 Å². The van der Waals surface area contributed by atoms with Gasteiger partial charge < -0.3 is 19.5 Å². The zero-order chi connectivity index (χ0) is 29.0. The van der Waals surface area contributed by atoms with E-state index in [0.29, 0.717) is 24.7 Å². The highest BCUT2D eigenvalue weighted by Gasteiger charge is 2.40. The summed E-state index contributed by atoms with van der Waals surface area (Å²) in [5, 5.41) is 11.1. The second-order valence-electron chi connectivity index (χ2n) is 12.6. The number of methoxy groups -OCH3 is 1. The van der Waals surface area contributed by atoms with E-state index in [4.69, 9.17) is 9.47 Å². The number of phenolic OH excluding ortho intramolecular Hbond substituents is 1. The lowest BCUT2D eigenvalue weighted by Crippen LogP contribution is -2.32. The molecule has 214 valence electrons. The Bertz CT molecular complexity index is 1130. The molecule has 0 amide bonds. The van der Waals surface area contributed by atoms with E-state index < -0.39 is 0 Å². The Morgan fingerprint density at radius 3 is 2.13 bits per heavy atom. The topological polar surface area (TPSA) is 71.4 Å². The molecular weight excluding hydrogens is 556 g/mol. The molecule has 0 radical (unpaired) electrons. The number of phenols is 1. The Kier molecular flexibility index (Phi) is 10.3. The summed E-state index contributed by atoms with van der Waals surface area (Å²) in [6.45, 7) is 16.6. The number of ether oxygens (including phenoxy) is 2. The maximum Gasteiger partial charge on any atom is 0.182 e. The molecule has 2 aromatic rings. The van der Waals surface area contributed by atoms with Crippen LogP contribution in [-0.2, 0) is 15.6 Å². The molecule has 3 rings (SSSR count). The van der Waals surface area contributed by atoms with Crippen LogP contribution in [0.25, 0.3) is 0 Å². The SMILES string of the molecule is CCC[C@H]1CN(CC(=O)c2cc(C(C)(C)C)c(O)c(C(C)(C)C)c2)C(=NBr)[C@@H]1c1ccc(OCCOC)cc1. The molecule has 1 aliphatic heterocycles. The number of amidine groups is 1. The van der Waals surface area contributed by atoms with E-state index in [9.17, 15) is 9.90 Å². The number of benzene rings is 2. The van der Waals surface area contributed by atoms with E-state index in [1.807, 2.05) is 24.3 Å². The molecule has 7 heteroatoms. The first kappa shape index (κ1) is 31.2. The van der Waals surface area contributed by atoms with Crippen molar-refractivity contribution in [1.82, 2.24) is 4.90 Å². The fourth-order valence-electron chi connectivity index (χ4n) is 5.41. The maximum absolute atomic E-state index is 13.8. The van der Waals surface area contributed by atoms with E-state index in [0.717, 1.165) is 47.7 Å². The molecule has 2 atom stereocenters. The van der Waals surface area contributed by atoms with Gasteiger partial charge in [-0.2, -0.15) is 4.02 Å². The van der Waals surface area contributed by atoms with Gasteiger partial charge in [0.05, 0.1) is 29.3 Å². The Morgan fingerprint density at radius 1 is 1.05 bits per heavy atom. The van der Waals surface area contributed by atoms with Crippen molar-refractivity contribution in [2.45, 2.75) is 78.1 Å². The van der Waals surface area contributed by atoms with Crippen LogP contribution in [0.15, 0.2) is 40.4 Å². The molecule has 0 unspecified atom stereocenters. The molecule has 1 aliphatic rings. The maximum atomic E-state index is 13.8. The molecule has 39 heavy (non-hydrogen) atoms. The van der Waals surface area contributed by atoms with Crippen molar-refractivity contribution in [2.75, 3.05) is 33.4 Å². The van der Waals surface area contributed by atoms with E-state index in [-0.39, 0.29) is 34.8 Å². The number of likely N-dealkylation sites (tertiary alicyclic amines) is 1. The molecule has 0 spiro atoms. The van der Waals surface area contributed by atoms with Gasteiger partial charge in [0.2, 0.25) is 0 Å². The van der Waals surface area contributed by atoms with Crippen molar-refractivity contribution in [1.29, 1.82) is 0 Å². The molecule has 1 N–H and O–H groups in total. The highest BCUT2D eigenvalue weighted by molar-refractivity contribution is 9.08. The van der Waals surface area contributed by atoms with E-state index in [1.165, 1.54) is 0 Å². The van der Waals surface area contributed by atoms with Gasteiger partial charge in [-0.1, -0.05) is 67.0 Å². The zero-order valence-corrected chi connectivity index (χ0v) is 26.4. The zero-order valence-electron chi connectivity index (χ0n) is 24.8. The molecule has 2 aromatic carbocycles. The summed E-state index contributed by atoms with van der Waals surface area (Å²) in [6, 6.07) is 11.9. The lowest BCUT2D eigenvalue weighted by Gasteiger charge is -2.28. The number of carbonyl (C=O) groups excluding carboxylic acids is 1. The largest absolute Gasteiger partial charge is 0.507 e. The van der Waals surface area contributed by atoms with Crippen LogP contribution in [0.2, 0.25) is 0 Å². The van der Waals surface area contributed by atoms with Crippen LogP contribution in [0.4, 0.5) is 0 Å². The molecule has 0 bridgehead atoms. The van der Waals surface area contributed by atoms with Gasteiger partial charge in [-0.15, -0.1) is 0 Å². The van der Waals surface area contributed by atoms with E-state index in [1.54, 1.807) is 7.11 Å². The average molecular weight is 602 g/mol. The number of ketones is 1. The first-order chi connectivity index (χ1) is 18.3. The third-order valence-corrected chi connectivity index (χ3v) is 7.82. The lowest BCUT2D eigenvalue weighted by molar-refractivity contribution is 0.0963. The van der Waals surface area contributed by atoms with Gasteiger partial charge in [0.15, 0.2) is 5.78 Å². The Balaban J connectivity index is 1.91. The number of carbonyl (C=O) groups is 1. The van der Waals surface area contributed by atoms with Crippen LogP contribution >= 0.6 is 16.1 Å². The van der Waals surface area contributed by atoms with Gasteiger partial charge in [-0.3, -0.25) is 4.79 Å². The Labute approximate surface area is 243 Å². The minimum absolute atomic E-state index is 0.0254. The van der Waals surface area contributed by atoms with E-state index in [2.05, 4.69) is 85.7 Å². The summed E-state index contributed by atoms with van der Waals surface area (Å²) in [7, 11) is 1.66. The normalized spacial score (nSPS) is 19.1. The van der Waals surface area contributed by atoms with Crippen LogP contribution in [0.5, 0.6) is 11.5 Å². The van der Waals surface area contributed by atoms with Crippen molar-refractivity contribution in [2.24, 2.45) is 9.94 Å². The van der Waals surface area contributed by atoms with Crippen LogP contribution in [0, 0.1) is 5.92 Å². The van der Waals surface area contributed by atoms with Crippen molar-refractivity contribution in [3.8, 4) is 11.5 Å². The Morgan fingerprint density at radius 2 is 1.64 bits per heavy atom. The molecular formula is C32H45BrN2O4. The highest BCUT2D eigenvalue weighted by atomic mass is 79.9. The van der Waals surface area contributed by atoms with Crippen molar-refractivity contribution in [3.05, 3.63) is 58.7 Å². The second-order valence-corrected chi connectivity index (χ2v) is 13.0. The standard InChI is InChI=1S/C32H45BrN2O4/c1-9-10-22-19-35(30(34-33)28(22)21-11-13-24(14-12-21)39-16-15-38-8)20-27(36)23-17-25(31(2,3)4)29(37)26(18-23)32(5,6)7/h11-14,17-18,22,28,37H,9-10,15-16,19-20H2,1-8H3/t22-,28+/m0/s1. The van der Waals surface area contributed by atoms with Crippen LogP contribution in [-0.4, -0.2) is 55.0 Å². The van der Waals surface area contributed by atoms with Gasteiger partial charge in [-0.25, -0.2) is 0 Å². The summed E-state index contributed by atoms with van der Waals surface area (Å²) < 4.78 is 15.4. The molecule has 0 aliphatic carbocycles. The monoisotopic (exact) mass is 600 g/mol. The number of rotatable bonds is 10. The summed E-state index contributed by atoms with van der Waals surface area (Å²) in [4.78, 5) is 15.9. The van der Waals surface area contributed by atoms with Gasteiger partial charge >= 0.3 is 0 Å². The first-order valence-electron chi connectivity index (χ1n) is 13.9. The summed E-state index contributed by atoms with van der Waals surface area (Å²) >= 11 is 3.38. The average Bonchev–Trinajstić information content (AvgIpc) is 3.20. The molecule has 0 aromatic heterocycles. The van der Waals surface area contributed by atoms with Crippen molar-refractivity contribution >= 4 is 27.8 Å². The fraction of sp³-hybridized carbons (Fsp3) is 0.562. The quantitative estimate of drug-likeness (QED) is 0.227. The van der Waals surface area contributed by atoms with Crippen molar-refractivity contribution < 1.29 is 19.4 Å². The van der Waals surface area contributed by atoms with Gasteiger partial charge in [-0.05, 0) is 53.0 Å². The fourth-order valence-corrected chi connectivity index (χ4v) is 5.85. The Hall–Kier alpha value is -2.38. The first-order valence-corrected chi connectivity index (χ1v) is 14.6. The predicted octanol–water partition coefficient (Wildman–Crippen LogP) is 7.42. The smallest absolute Gasteiger partial charge is 0.182 e. The second kappa shape index (κ2) is 12.9. The van der Waals surface area contributed by atoms with Gasteiger partial charge in [0.25, 0.3) is 0 Å². The van der Waals surface area contributed by atoms with E-state index >= 15 is 0 Å². The van der Waals surface area contributed by atoms with Crippen LogP contribution in [0.3, 0.4) is 0 Å². The number of nitrogens with zero attached hydrogens (tertiary/aromatic N) is 2. The number of halogens is 1. The molecule has 0 saturated carbocycles.